The van der Waals surface area contributed by atoms with Crippen molar-refractivity contribution in [2.24, 2.45) is 5.41 Å². The van der Waals surface area contributed by atoms with E-state index in [1.54, 1.807) is 20.8 Å². The fraction of sp³-hybridized carbons (Fsp3) is 0.900. The van der Waals surface area contributed by atoms with Crippen molar-refractivity contribution in [2.45, 2.75) is 39.8 Å². The van der Waals surface area contributed by atoms with E-state index in [1.165, 1.54) is 0 Å². The minimum Gasteiger partial charge on any atom is -0.298 e. The van der Waals surface area contributed by atoms with Gasteiger partial charge in [-0.15, -0.1) is 0 Å². The van der Waals surface area contributed by atoms with Gasteiger partial charge in [-0.1, -0.05) is 20.8 Å². The minimum absolute atomic E-state index is 0.318. The third-order valence-electron chi connectivity index (χ3n) is 2.16. The predicted octanol–water partition coefficient (Wildman–Crippen LogP) is 1.86. The van der Waals surface area contributed by atoms with Crippen LogP contribution >= 0.6 is 0 Å². The maximum Gasteiger partial charge on any atom is 0.389 e. The highest BCUT2D eigenvalue weighted by molar-refractivity contribution is 7.89. The highest BCUT2D eigenvalue weighted by Crippen LogP contribution is 2.21. The van der Waals surface area contributed by atoms with Crippen molar-refractivity contribution in [3.63, 3.8) is 0 Å². The Morgan fingerprint density at radius 1 is 1.17 bits per heavy atom. The molecule has 0 radical (unpaired) electrons. The fourth-order valence-electron chi connectivity index (χ4n) is 0.975. The number of carbonyl (C=O) groups is 1. The lowest BCUT2D eigenvalue weighted by Crippen LogP contribution is -2.36. The van der Waals surface area contributed by atoms with Gasteiger partial charge in [-0.2, -0.15) is 13.2 Å². The molecule has 0 aromatic carbocycles. The fourth-order valence-corrected chi connectivity index (χ4v) is 2.00. The van der Waals surface area contributed by atoms with Gasteiger partial charge < -0.3 is 0 Å². The summed E-state index contributed by atoms with van der Waals surface area (Å²) in [7, 11) is -3.83. The maximum atomic E-state index is 11.8. The molecule has 0 spiro atoms. The largest absolute Gasteiger partial charge is 0.389 e. The Morgan fingerprint density at radius 3 is 2.06 bits per heavy atom. The minimum atomic E-state index is -4.36. The first kappa shape index (κ1) is 17.4. The molecule has 0 aromatic heterocycles. The van der Waals surface area contributed by atoms with Crippen LogP contribution in [0.2, 0.25) is 0 Å². The summed E-state index contributed by atoms with van der Waals surface area (Å²) in [6.07, 6.45) is -6.03. The second kappa shape index (κ2) is 6.01. The molecule has 0 heterocycles. The summed E-state index contributed by atoms with van der Waals surface area (Å²) in [6, 6.07) is 0. The van der Waals surface area contributed by atoms with Gasteiger partial charge in [-0.3, -0.25) is 4.79 Å². The van der Waals surface area contributed by atoms with Crippen LogP contribution in [-0.2, 0) is 14.8 Å². The van der Waals surface area contributed by atoms with Gasteiger partial charge in [-0.05, 0) is 6.42 Å². The molecular formula is C10H18F3NO3S. The standard InChI is InChI=1S/C10H18F3NO3S/c1-9(2,3)8(15)7-14-18(16,17)6-4-5-10(11,12)13/h14H,4-7H2,1-3H3. The van der Waals surface area contributed by atoms with Crippen LogP contribution in [0, 0.1) is 5.41 Å². The zero-order chi connectivity index (χ0) is 14.6. The lowest BCUT2D eigenvalue weighted by Gasteiger charge is -2.16. The Kier molecular flexibility index (Phi) is 5.80. The van der Waals surface area contributed by atoms with Crippen molar-refractivity contribution in [3.05, 3.63) is 0 Å². The Labute approximate surface area is 105 Å². The Bertz CT molecular complexity index is 382. The average molecular weight is 289 g/mol. The van der Waals surface area contributed by atoms with E-state index in [-0.39, 0.29) is 5.78 Å². The lowest BCUT2D eigenvalue weighted by atomic mass is 9.91. The Morgan fingerprint density at radius 2 is 1.67 bits per heavy atom. The summed E-state index contributed by atoms with van der Waals surface area (Å²) in [6.45, 7) is 4.51. The molecule has 1 N–H and O–H groups in total. The van der Waals surface area contributed by atoms with Crippen LogP contribution in [-0.4, -0.2) is 32.7 Å². The Hall–Kier alpha value is -0.630. The molecular weight excluding hydrogens is 271 g/mol. The van der Waals surface area contributed by atoms with E-state index in [2.05, 4.69) is 0 Å². The van der Waals surface area contributed by atoms with Crippen LogP contribution in [0.3, 0.4) is 0 Å². The quantitative estimate of drug-likeness (QED) is 0.812. The number of alkyl halides is 3. The third-order valence-corrected chi connectivity index (χ3v) is 3.57. The number of rotatable bonds is 6. The molecule has 0 fully saturated rings. The van der Waals surface area contributed by atoms with E-state index in [0.29, 0.717) is 0 Å². The zero-order valence-corrected chi connectivity index (χ0v) is 11.4. The van der Waals surface area contributed by atoms with E-state index in [4.69, 9.17) is 0 Å². The molecule has 0 unspecified atom stereocenters. The zero-order valence-electron chi connectivity index (χ0n) is 10.6. The van der Waals surface area contributed by atoms with Crippen LogP contribution in [0.15, 0.2) is 0 Å². The molecule has 18 heavy (non-hydrogen) atoms. The molecule has 108 valence electrons. The summed E-state index contributed by atoms with van der Waals surface area (Å²) in [5.41, 5.74) is -0.686. The molecule has 0 bridgehead atoms. The van der Waals surface area contributed by atoms with E-state index >= 15 is 0 Å². The smallest absolute Gasteiger partial charge is 0.298 e. The molecule has 0 amide bonds. The van der Waals surface area contributed by atoms with E-state index in [9.17, 15) is 26.4 Å². The number of sulfonamides is 1. The summed E-state index contributed by atoms with van der Waals surface area (Å²) >= 11 is 0. The average Bonchev–Trinajstić information content (AvgIpc) is 2.10. The van der Waals surface area contributed by atoms with Gasteiger partial charge in [0, 0.05) is 11.8 Å². The van der Waals surface area contributed by atoms with E-state index < -0.39 is 46.8 Å². The topological polar surface area (TPSA) is 63.2 Å². The number of halogens is 3. The second-order valence-electron chi connectivity index (χ2n) is 5.03. The van der Waals surface area contributed by atoms with E-state index in [0.717, 1.165) is 0 Å². The first-order valence-electron chi connectivity index (χ1n) is 5.41. The molecule has 4 nitrogen and oxygen atoms in total. The van der Waals surface area contributed by atoms with Crippen molar-refractivity contribution in [2.75, 3.05) is 12.3 Å². The van der Waals surface area contributed by atoms with Crippen molar-refractivity contribution >= 4 is 15.8 Å². The van der Waals surface area contributed by atoms with Gasteiger partial charge >= 0.3 is 6.18 Å². The van der Waals surface area contributed by atoms with Crippen LogP contribution in [0.25, 0.3) is 0 Å². The molecule has 0 aliphatic carbocycles. The van der Waals surface area contributed by atoms with Gasteiger partial charge in [-0.25, -0.2) is 13.1 Å². The first-order valence-corrected chi connectivity index (χ1v) is 7.06. The van der Waals surface area contributed by atoms with Gasteiger partial charge in [0.25, 0.3) is 0 Å². The molecule has 0 aliphatic heterocycles. The molecule has 0 atom stereocenters. The second-order valence-corrected chi connectivity index (χ2v) is 6.96. The molecule has 8 heteroatoms. The summed E-state index contributed by atoms with van der Waals surface area (Å²) in [4.78, 5) is 11.4. The van der Waals surface area contributed by atoms with Gasteiger partial charge in [0.15, 0.2) is 5.78 Å². The number of nitrogens with one attached hydrogen (secondary N) is 1. The van der Waals surface area contributed by atoms with Crippen LogP contribution in [0.1, 0.15) is 33.6 Å². The first-order chi connectivity index (χ1) is 7.83. The van der Waals surface area contributed by atoms with Crippen LogP contribution in [0.5, 0.6) is 0 Å². The van der Waals surface area contributed by atoms with Crippen LogP contribution in [0.4, 0.5) is 13.2 Å². The molecule has 0 rings (SSSR count). The van der Waals surface area contributed by atoms with Gasteiger partial charge in [0.05, 0.1) is 12.3 Å². The molecule has 0 aromatic rings. The molecule has 0 aliphatic rings. The Balaban J connectivity index is 4.15. The highest BCUT2D eigenvalue weighted by Gasteiger charge is 2.28. The lowest BCUT2D eigenvalue weighted by molar-refractivity contribution is -0.134. The number of carbonyl (C=O) groups excluding carboxylic acids is 1. The number of Topliss-reactive ketones (excluding diaryl/α,β-unsaturated/α-hetero) is 1. The number of hydrogen-bond donors (Lipinski definition) is 1. The molecule has 0 saturated carbocycles. The van der Waals surface area contributed by atoms with Crippen molar-refractivity contribution in [3.8, 4) is 0 Å². The van der Waals surface area contributed by atoms with Crippen molar-refractivity contribution < 1.29 is 26.4 Å². The third kappa shape index (κ3) is 8.46. The summed E-state index contributed by atoms with van der Waals surface area (Å²) in [5.74, 6) is -0.953. The predicted molar refractivity (Wildman–Crippen MR) is 61.5 cm³/mol. The number of ketones is 1. The highest BCUT2D eigenvalue weighted by atomic mass is 32.2. The van der Waals surface area contributed by atoms with Gasteiger partial charge in [0.1, 0.15) is 0 Å². The van der Waals surface area contributed by atoms with Crippen molar-refractivity contribution in [1.82, 2.24) is 4.72 Å². The summed E-state index contributed by atoms with van der Waals surface area (Å²) in [5, 5.41) is 0. The molecule has 0 saturated heterocycles. The maximum absolute atomic E-state index is 11.8. The SMILES string of the molecule is CC(C)(C)C(=O)CNS(=O)(=O)CCCC(F)(F)F. The van der Waals surface area contributed by atoms with Crippen molar-refractivity contribution in [1.29, 1.82) is 0 Å². The number of hydrogen-bond acceptors (Lipinski definition) is 3. The summed E-state index contributed by atoms with van der Waals surface area (Å²) < 4.78 is 60.1. The van der Waals surface area contributed by atoms with Crippen LogP contribution < -0.4 is 4.72 Å². The van der Waals surface area contributed by atoms with Gasteiger partial charge in [0.2, 0.25) is 10.0 Å². The van der Waals surface area contributed by atoms with E-state index in [1.807, 2.05) is 4.72 Å². The monoisotopic (exact) mass is 289 g/mol. The normalized spacial score (nSPS) is 13.7.